The summed E-state index contributed by atoms with van der Waals surface area (Å²) >= 11 is 0. The average Bonchev–Trinajstić information content (AvgIpc) is 3.66. The maximum atomic E-state index is 2.53. The van der Waals surface area contributed by atoms with Crippen LogP contribution in [-0.2, 0) is 18.3 Å². The molecule has 0 saturated carbocycles. The summed E-state index contributed by atoms with van der Waals surface area (Å²) in [6, 6.07) is 59.3. The molecule has 0 heterocycles. The molecule has 2 nitrogen and oxygen atoms in total. The van der Waals surface area contributed by atoms with Gasteiger partial charge in [0.15, 0.2) is 0 Å². The van der Waals surface area contributed by atoms with E-state index < -0.39 is 0 Å². The molecule has 8 rings (SSSR count). The minimum absolute atomic E-state index is 0.234. The van der Waals surface area contributed by atoms with Crippen molar-refractivity contribution in [2.75, 3.05) is 9.80 Å². The van der Waals surface area contributed by atoms with E-state index in [9.17, 15) is 0 Å². The van der Waals surface area contributed by atoms with Crippen LogP contribution < -0.4 is 9.80 Å². The Bertz CT molecular complexity index is 2500. The van der Waals surface area contributed by atoms with E-state index in [1.54, 1.807) is 11.1 Å². The molecule has 1 aliphatic rings. The van der Waals surface area contributed by atoms with Crippen LogP contribution in [-0.4, -0.2) is 0 Å². The Morgan fingerprint density at radius 2 is 0.562 bits per heavy atom. The molecule has 1 aliphatic carbocycles. The Balaban J connectivity index is 0.000000224. The predicted molar refractivity (Wildman–Crippen MR) is 321 cm³/mol. The largest absolute Gasteiger partial charge is 0.311 e. The van der Waals surface area contributed by atoms with Crippen LogP contribution in [0.15, 0.2) is 158 Å². The average molecular weight is 972 g/mol. The highest BCUT2D eigenvalue weighted by atomic mass is 15.2. The Labute approximate surface area is 444 Å². The van der Waals surface area contributed by atoms with Crippen LogP contribution >= 0.6 is 0 Å². The lowest BCUT2D eigenvalue weighted by Gasteiger charge is -2.33. The van der Waals surface area contributed by atoms with Gasteiger partial charge in [0.05, 0.1) is 0 Å². The molecule has 0 fully saturated rings. The van der Waals surface area contributed by atoms with E-state index in [1.807, 2.05) is 0 Å². The van der Waals surface area contributed by atoms with Crippen molar-refractivity contribution in [3.63, 3.8) is 0 Å². The fourth-order valence-electron chi connectivity index (χ4n) is 11.2. The van der Waals surface area contributed by atoms with Crippen LogP contribution in [0.25, 0.3) is 11.1 Å². The van der Waals surface area contributed by atoms with E-state index in [1.165, 1.54) is 171 Å². The predicted octanol–water partition coefficient (Wildman–Crippen LogP) is 22.0. The van der Waals surface area contributed by atoms with Crippen LogP contribution in [0.2, 0.25) is 0 Å². The van der Waals surface area contributed by atoms with E-state index in [0.29, 0.717) is 0 Å². The summed E-state index contributed by atoms with van der Waals surface area (Å²) in [5.74, 6) is 0. The van der Waals surface area contributed by atoms with E-state index >= 15 is 0 Å². The zero-order valence-corrected chi connectivity index (χ0v) is 46.5. The van der Waals surface area contributed by atoms with Crippen LogP contribution in [0.3, 0.4) is 0 Å². The third kappa shape index (κ3) is 14.7. The van der Waals surface area contributed by atoms with E-state index in [2.05, 4.69) is 223 Å². The molecule has 7 aromatic carbocycles. The normalized spacial score (nSPS) is 12.2. The van der Waals surface area contributed by atoms with Crippen molar-refractivity contribution in [1.29, 1.82) is 0 Å². The molecule has 7 aromatic rings. The first-order chi connectivity index (χ1) is 35.7. The van der Waals surface area contributed by atoms with Crippen molar-refractivity contribution in [3.05, 3.63) is 202 Å². The molecule has 2 heteroatoms. The number of nitrogens with zero attached hydrogens (tertiary/aromatic N) is 2. The molecular formula is C71H90N2. The SMILES string of the molecule is CCCCCCCCC1(CCCCCCCC)c2cc(C)ccc2-c2ccc(C)cc21.CCCCc1ccc(N(c2ccc(C)cc2)c2ccc(N(c3ccc(C)cc3)c3ccc(CCCC)cc3)cc2)cc1. The Morgan fingerprint density at radius 1 is 0.288 bits per heavy atom. The first kappa shape index (κ1) is 54.9. The second-order valence-corrected chi connectivity index (χ2v) is 21.6. The summed E-state index contributed by atoms with van der Waals surface area (Å²) in [6.07, 6.45) is 26.4. The Kier molecular flexibility index (Phi) is 21.0. The highest BCUT2D eigenvalue weighted by Gasteiger charge is 2.42. The highest BCUT2D eigenvalue weighted by Crippen LogP contribution is 2.55. The molecule has 0 bridgehead atoms. The van der Waals surface area contributed by atoms with Crippen LogP contribution in [0.4, 0.5) is 34.1 Å². The number of aryl methyl sites for hydroxylation is 6. The van der Waals surface area contributed by atoms with Crippen molar-refractivity contribution in [3.8, 4) is 11.1 Å². The lowest BCUT2D eigenvalue weighted by molar-refractivity contribution is 0.397. The quantitative estimate of drug-likeness (QED) is 0.0499. The van der Waals surface area contributed by atoms with Gasteiger partial charge in [0, 0.05) is 39.5 Å². The van der Waals surface area contributed by atoms with Gasteiger partial charge < -0.3 is 9.80 Å². The van der Waals surface area contributed by atoms with Gasteiger partial charge >= 0.3 is 0 Å². The molecule has 0 aliphatic heterocycles. The second-order valence-electron chi connectivity index (χ2n) is 21.6. The number of rotatable bonds is 26. The number of unbranched alkanes of at least 4 members (excludes halogenated alkanes) is 12. The van der Waals surface area contributed by atoms with Gasteiger partial charge in [0.2, 0.25) is 0 Å². The van der Waals surface area contributed by atoms with E-state index in [0.717, 1.165) is 35.6 Å². The van der Waals surface area contributed by atoms with Gasteiger partial charge in [-0.15, -0.1) is 0 Å². The van der Waals surface area contributed by atoms with Gasteiger partial charge in [-0.25, -0.2) is 0 Å². The summed E-state index contributed by atoms with van der Waals surface area (Å²) in [7, 11) is 0. The van der Waals surface area contributed by atoms with Gasteiger partial charge in [0.25, 0.3) is 0 Å². The number of hydrogen-bond donors (Lipinski definition) is 0. The minimum atomic E-state index is 0.234. The standard InChI is InChI=1S/C40H44N2.C31H46/c1-5-7-9-33-15-23-37(24-16-33)41(35-19-11-31(3)12-20-35)39-27-29-40(30-28-39)42(36-21-13-32(4)14-22-36)38-25-17-34(18-26-38)10-8-6-2;1-5-7-9-11-13-15-21-31(22-16-14-12-10-8-6-2)29-23-25(3)17-19-27(29)28-20-18-26(4)24-30(28)31/h11-30H,5-10H2,1-4H3;17-20,23-24H,5-16,21-22H2,1-4H3. The number of anilines is 6. The molecule has 73 heavy (non-hydrogen) atoms. The summed E-state index contributed by atoms with van der Waals surface area (Å²) in [6.45, 7) is 17.9. The van der Waals surface area contributed by atoms with Crippen molar-refractivity contribution < 1.29 is 0 Å². The van der Waals surface area contributed by atoms with Crippen LogP contribution in [0, 0.1) is 27.7 Å². The molecule has 384 valence electrons. The fourth-order valence-corrected chi connectivity index (χ4v) is 11.2. The lowest BCUT2D eigenvalue weighted by Crippen LogP contribution is -2.25. The third-order valence-corrected chi connectivity index (χ3v) is 15.6. The molecule has 0 spiro atoms. The number of benzene rings is 7. The Morgan fingerprint density at radius 3 is 0.890 bits per heavy atom. The fraction of sp³-hybridized carbons (Fsp3) is 0.408. The van der Waals surface area contributed by atoms with E-state index in [4.69, 9.17) is 0 Å². The van der Waals surface area contributed by atoms with Crippen LogP contribution in [0.1, 0.15) is 188 Å². The van der Waals surface area contributed by atoms with Gasteiger partial charge in [-0.3, -0.25) is 0 Å². The third-order valence-electron chi connectivity index (χ3n) is 15.6. The molecular weight excluding hydrogens is 881 g/mol. The first-order valence-electron chi connectivity index (χ1n) is 28.9. The number of hydrogen-bond acceptors (Lipinski definition) is 2. The van der Waals surface area contributed by atoms with Crippen molar-refractivity contribution in [2.24, 2.45) is 0 Å². The molecule has 0 atom stereocenters. The van der Waals surface area contributed by atoms with Gasteiger partial charge in [-0.2, -0.15) is 0 Å². The molecule has 0 radical (unpaired) electrons. The molecule has 0 saturated heterocycles. The van der Waals surface area contributed by atoms with Gasteiger partial charge in [-0.05, 0) is 172 Å². The summed E-state index contributed by atoms with van der Waals surface area (Å²) in [5.41, 5.74) is 21.6. The number of fused-ring (bicyclic) bond motifs is 3. The zero-order chi connectivity index (χ0) is 51.4. The maximum absolute atomic E-state index is 2.53. The van der Waals surface area contributed by atoms with Gasteiger partial charge in [0.1, 0.15) is 0 Å². The highest BCUT2D eigenvalue weighted by molar-refractivity contribution is 5.83. The summed E-state index contributed by atoms with van der Waals surface area (Å²) < 4.78 is 0. The maximum Gasteiger partial charge on any atom is 0.0463 e. The molecule has 0 N–H and O–H groups in total. The summed E-state index contributed by atoms with van der Waals surface area (Å²) in [5, 5.41) is 0. The van der Waals surface area contributed by atoms with Crippen molar-refractivity contribution in [2.45, 2.75) is 189 Å². The van der Waals surface area contributed by atoms with Crippen molar-refractivity contribution in [1.82, 2.24) is 0 Å². The Hall–Kier alpha value is -5.86. The topological polar surface area (TPSA) is 6.48 Å². The molecule has 0 amide bonds. The first-order valence-corrected chi connectivity index (χ1v) is 28.9. The molecule has 0 unspecified atom stereocenters. The van der Waals surface area contributed by atoms with Crippen molar-refractivity contribution >= 4 is 34.1 Å². The second kappa shape index (κ2) is 28.0. The van der Waals surface area contributed by atoms with Crippen LogP contribution in [0.5, 0.6) is 0 Å². The molecule has 0 aromatic heterocycles. The minimum Gasteiger partial charge on any atom is -0.311 e. The summed E-state index contributed by atoms with van der Waals surface area (Å²) in [4.78, 5) is 4.71. The zero-order valence-electron chi connectivity index (χ0n) is 46.5. The smallest absolute Gasteiger partial charge is 0.0463 e. The monoisotopic (exact) mass is 971 g/mol. The van der Waals surface area contributed by atoms with Gasteiger partial charge in [-0.1, -0.05) is 225 Å². The lowest BCUT2D eigenvalue weighted by atomic mass is 9.70. The van der Waals surface area contributed by atoms with E-state index in [-0.39, 0.29) is 5.41 Å².